The van der Waals surface area contributed by atoms with Gasteiger partial charge in [-0.3, -0.25) is 0 Å². The lowest BCUT2D eigenvalue weighted by atomic mass is 10.0. The van der Waals surface area contributed by atoms with Crippen LogP contribution in [0.25, 0.3) is 0 Å². The zero-order valence-electron chi connectivity index (χ0n) is 10.6. The Labute approximate surface area is 107 Å². The third kappa shape index (κ3) is 2.64. The van der Waals surface area contributed by atoms with E-state index in [9.17, 15) is 9.90 Å². The van der Waals surface area contributed by atoms with Gasteiger partial charge < -0.3 is 15.1 Å². The highest BCUT2D eigenvalue weighted by atomic mass is 16.4. The first-order chi connectivity index (χ1) is 8.61. The van der Waals surface area contributed by atoms with Crippen molar-refractivity contribution in [1.82, 2.24) is 0 Å². The highest BCUT2D eigenvalue weighted by Crippen LogP contribution is 2.23. The van der Waals surface area contributed by atoms with E-state index < -0.39 is 5.97 Å². The van der Waals surface area contributed by atoms with Gasteiger partial charge in [-0.05, 0) is 43.0 Å². The van der Waals surface area contributed by atoms with E-state index in [1.807, 2.05) is 19.1 Å². The number of carbonyl (C=O) groups is 1. The van der Waals surface area contributed by atoms with Crippen LogP contribution in [-0.4, -0.2) is 35.4 Å². The molecule has 1 aliphatic heterocycles. The summed E-state index contributed by atoms with van der Waals surface area (Å²) in [4.78, 5) is 13.3. The van der Waals surface area contributed by atoms with Gasteiger partial charge in [0.1, 0.15) is 0 Å². The molecule has 0 atom stereocenters. The number of hydrogen-bond donors (Lipinski definition) is 2. The van der Waals surface area contributed by atoms with Gasteiger partial charge in [0.15, 0.2) is 0 Å². The van der Waals surface area contributed by atoms with Crippen LogP contribution in [0.1, 0.15) is 35.7 Å². The van der Waals surface area contributed by atoms with Gasteiger partial charge in [0.05, 0.1) is 11.7 Å². The number of rotatable bonds is 3. The average molecular weight is 249 g/mol. The van der Waals surface area contributed by atoms with E-state index in [2.05, 4.69) is 4.90 Å². The summed E-state index contributed by atoms with van der Waals surface area (Å²) in [5.41, 5.74) is 2.31. The van der Waals surface area contributed by atoms with E-state index in [0.717, 1.165) is 37.2 Å². The highest BCUT2D eigenvalue weighted by Gasteiger charge is 2.18. The average Bonchev–Trinajstić information content (AvgIpc) is 2.38. The van der Waals surface area contributed by atoms with E-state index in [1.54, 1.807) is 6.07 Å². The Balaban J connectivity index is 2.22. The number of aliphatic hydroxyl groups excluding tert-OH is 1. The van der Waals surface area contributed by atoms with Crippen molar-refractivity contribution in [2.24, 2.45) is 0 Å². The predicted octanol–water partition coefficient (Wildman–Crippen LogP) is 1.91. The minimum Gasteiger partial charge on any atom is -0.478 e. The van der Waals surface area contributed by atoms with Crippen LogP contribution in [0.2, 0.25) is 0 Å². The van der Waals surface area contributed by atoms with E-state index in [4.69, 9.17) is 5.11 Å². The van der Waals surface area contributed by atoms with Crippen molar-refractivity contribution in [1.29, 1.82) is 0 Å². The summed E-state index contributed by atoms with van der Waals surface area (Å²) in [5.74, 6) is -0.868. The van der Waals surface area contributed by atoms with Crippen LogP contribution in [-0.2, 0) is 6.42 Å². The number of piperidine rings is 1. The van der Waals surface area contributed by atoms with Crippen LogP contribution in [0.5, 0.6) is 0 Å². The molecule has 2 N–H and O–H groups in total. The molecule has 1 aliphatic rings. The van der Waals surface area contributed by atoms with Crippen molar-refractivity contribution in [3.63, 3.8) is 0 Å². The van der Waals surface area contributed by atoms with Crippen LogP contribution in [0.3, 0.4) is 0 Å². The van der Waals surface area contributed by atoms with Crippen molar-refractivity contribution in [2.75, 3.05) is 18.0 Å². The third-order valence-electron chi connectivity index (χ3n) is 3.53. The third-order valence-corrected chi connectivity index (χ3v) is 3.53. The minimum atomic E-state index is -0.868. The molecule has 0 aliphatic carbocycles. The molecule has 2 rings (SSSR count). The van der Waals surface area contributed by atoms with Crippen LogP contribution in [0.4, 0.5) is 5.69 Å². The number of aryl methyl sites for hydroxylation is 1. The van der Waals surface area contributed by atoms with Crippen LogP contribution in [0.15, 0.2) is 18.2 Å². The standard InChI is InChI=1S/C14H19NO3/c1-2-10-9-11(3-4-13(10)14(17)18)15-7-5-12(16)6-8-15/h3-4,9,12,16H,2,5-8H2,1H3,(H,17,18). The van der Waals surface area contributed by atoms with Gasteiger partial charge in [-0.25, -0.2) is 4.79 Å². The fourth-order valence-corrected chi connectivity index (χ4v) is 2.40. The van der Waals surface area contributed by atoms with Gasteiger partial charge in [-0.1, -0.05) is 6.92 Å². The van der Waals surface area contributed by atoms with E-state index >= 15 is 0 Å². The lowest BCUT2D eigenvalue weighted by Gasteiger charge is -2.31. The first-order valence-electron chi connectivity index (χ1n) is 6.41. The quantitative estimate of drug-likeness (QED) is 0.859. The van der Waals surface area contributed by atoms with E-state index in [0.29, 0.717) is 12.0 Å². The first-order valence-corrected chi connectivity index (χ1v) is 6.41. The highest BCUT2D eigenvalue weighted by molar-refractivity contribution is 5.90. The van der Waals surface area contributed by atoms with Gasteiger partial charge >= 0.3 is 5.97 Å². The monoisotopic (exact) mass is 249 g/mol. The van der Waals surface area contributed by atoms with Crippen LogP contribution in [0, 0.1) is 0 Å². The van der Waals surface area contributed by atoms with Crippen LogP contribution >= 0.6 is 0 Å². The Bertz CT molecular complexity index is 437. The van der Waals surface area contributed by atoms with Crippen molar-refractivity contribution < 1.29 is 15.0 Å². The lowest BCUT2D eigenvalue weighted by Crippen LogP contribution is -2.35. The van der Waals surface area contributed by atoms with Gasteiger partial charge in [0.2, 0.25) is 0 Å². The SMILES string of the molecule is CCc1cc(N2CCC(O)CC2)ccc1C(=O)O. The molecule has 0 saturated carbocycles. The topological polar surface area (TPSA) is 60.8 Å². The number of aliphatic hydroxyl groups is 1. The molecule has 0 spiro atoms. The maximum Gasteiger partial charge on any atom is 0.335 e. The van der Waals surface area contributed by atoms with Crippen molar-refractivity contribution >= 4 is 11.7 Å². The molecule has 0 amide bonds. The summed E-state index contributed by atoms with van der Waals surface area (Å²) in [5, 5.41) is 18.6. The fourth-order valence-electron chi connectivity index (χ4n) is 2.40. The van der Waals surface area contributed by atoms with Gasteiger partial charge in [-0.2, -0.15) is 0 Å². The Hall–Kier alpha value is -1.55. The zero-order valence-corrected chi connectivity index (χ0v) is 10.6. The number of carboxylic acids is 1. The van der Waals surface area contributed by atoms with Gasteiger partial charge in [0, 0.05) is 18.8 Å². The number of carboxylic acid groups (broad SMARTS) is 1. The van der Waals surface area contributed by atoms with E-state index in [1.165, 1.54) is 0 Å². The molecule has 1 aromatic carbocycles. The summed E-state index contributed by atoms with van der Waals surface area (Å²) in [7, 11) is 0. The molecule has 18 heavy (non-hydrogen) atoms. The predicted molar refractivity (Wildman–Crippen MR) is 70.2 cm³/mol. The Morgan fingerprint density at radius 2 is 2.06 bits per heavy atom. The summed E-state index contributed by atoms with van der Waals surface area (Å²) >= 11 is 0. The van der Waals surface area contributed by atoms with Crippen molar-refractivity contribution in [2.45, 2.75) is 32.3 Å². The fraction of sp³-hybridized carbons (Fsp3) is 0.500. The number of aromatic carboxylic acids is 1. The molecular formula is C14H19NO3. The second-order valence-electron chi connectivity index (χ2n) is 4.72. The Morgan fingerprint density at radius 1 is 1.39 bits per heavy atom. The smallest absolute Gasteiger partial charge is 0.335 e. The van der Waals surface area contributed by atoms with Crippen molar-refractivity contribution in [3.8, 4) is 0 Å². The molecule has 0 radical (unpaired) electrons. The molecule has 1 aromatic rings. The number of benzene rings is 1. The second kappa shape index (κ2) is 5.40. The van der Waals surface area contributed by atoms with Gasteiger partial charge in [-0.15, -0.1) is 0 Å². The lowest BCUT2D eigenvalue weighted by molar-refractivity contribution is 0.0696. The summed E-state index contributed by atoms with van der Waals surface area (Å²) in [6, 6.07) is 5.50. The molecule has 0 unspecified atom stereocenters. The molecular weight excluding hydrogens is 230 g/mol. The molecule has 0 bridgehead atoms. The number of anilines is 1. The number of nitrogens with zero attached hydrogens (tertiary/aromatic N) is 1. The molecule has 4 nitrogen and oxygen atoms in total. The molecule has 1 fully saturated rings. The maximum absolute atomic E-state index is 11.1. The summed E-state index contributed by atoms with van der Waals surface area (Å²) in [6.45, 7) is 3.62. The normalized spacial score (nSPS) is 16.9. The molecule has 1 saturated heterocycles. The second-order valence-corrected chi connectivity index (χ2v) is 4.72. The largest absolute Gasteiger partial charge is 0.478 e. The Morgan fingerprint density at radius 3 is 2.61 bits per heavy atom. The molecule has 1 heterocycles. The molecule has 4 heteroatoms. The van der Waals surface area contributed by atoms with Gasteiger partial charge in [0.25, 0.3) is 0 Å². The molecule has 0 aromatic heterocycles. The first kappa shape index (κ1) is 12.9. The summed E-state index contributed by atoms with van der Waals surface area (Å²) in [6.07, 6.45) is 2.08. The van der Waals surface area contributed by atoms with E-state index in [-0.39, 0.29) is 6.10 Å². The maximum atomic E-state index is 11.1. The summed E-state index contributed by atoms with van der Waals surface area (Å²) < 4.78 is 0. The Kier molecular flexibility index (Phi) is 3.87. The van der Waals surface area contributed by atoms with Crippen molar-refractivity contribution in [3.05, 3.63) is 29.3 Å². The molecule has 98 valence electrons. The number of hydrogen-bond acceptors (Lipinski definition) is 3. The zero-order chi connectivity index (χ0) is 13.1. The van der Waals surface area contributed by atoms with Crippen LogP contribution < -0.4 is 4.90 Å². The minimum absolute atomic E-state index is 0.190.